The normalized spacial score (nSPS) is 11.5. The topological polar surface area (TPSA) is 9.23 Å². The molecule has 0 fully saturated rings. The first-order chi connectivity index (χ1) is 5.60. The highest BCUT2D eigenvalue weighted by Crippen LogP contribution is 2.09. The third-order valence-corrected chi connectivity index (χ3v) is 1.65. The summed E-state index contributed by atoms with van der Waals surface area (Å²) >= 11 is 3.15. The molecule has 0 aliphatic heterocycles. The SMILES string of the molecule is C=C/C(=C\C(=C)OC(F)F)CBr. The van der Waals surface area contributed by atoms with Crippen molar-refractivity contribution in [2.24, 2.45) is 0 Å². The minimum absolute atomic E-state index is 0.0700. The minimum Gasteiger partial charge on any atom is -0.435 e. The van der Waals surface area contributed by atoms with Crippen LogP contribution in [-0.2, 0) is 4.74 Å². The van der Waals surface area contributed by atoms with E-state index in [-0.39, 0.29) is 5.76 Å². The molecule has 0 unspecified atom stereocenters. The van der Waals surface area contributed by atoms with Crippen LogP contribution in [0.15, 0.2) is 36.6 Å². The van der Waals surface area contributed by atoms with Crippen molar-refractivity contribution in [3.05, 3.63) is 36.6 Å². The van der Waals surface area contributed by atoms with Crippen molar-refractivity contribution >= 4 is 15.9 Å². The van der Waals surface area contributed by atoms with Crippen LogP contribution in [0.5, 0.6) is 0 Å². The molecule has 0 saturated carbocycles. The van der Waals surface area contributed by atoms with Crippen LogP contribution in [-0.4, -0.2) is 11.9 Å². The van der Waals surface area contributed by atoms with Crippen molar-refractivity contribution in [1.29, 1.82) is 0 Å². The molecule has 0 atom stereocenters. The molecule has 12 heavy (non-hydrogen) atoms. The Labute approximate surface area is 78.5 Å². The smallest absolute Gasteiger partial charge is 0.387 e. The molecule has 0 aromatic heterocycles. The average molecular weight is 239 g/mol. The molecule has 0 saturated heterocycles. The molecule has 0 N–H and O–H groups in total. The van der Waals surface area contributed by atoms with Gasteiger partial charge in [-0.05, 0) is 11.6 Å². The zero-order valence-electron chi connectivity index (χ0n) is 6.40. The van der Waals surface area contributed by atoms with Crippen molar-refractivity contribution in [2.75, 3.05) is 5.33 Å². The van der Waals surface area contributed by atoms with Crippen LogP contribution in [0.25, 0.3) is 0 Å². The van der Waals surface area contributed by atoms with Crippen molar-refractivity contribution < 1.29 is 13.5 Å². The van der Waals surface area contributed by atoms with E-state index >= 15 is 0 Å². The van der Waals surface area contributed by atoms with Crippen molar-refractivity contribution in [2.45, 2.75) is 6.61 Å². The standard InChI is InChI=1S/C8H9BrF2O/c1-3-7(5-9)4-6(2)12-8(10)11/h3-4,8H,1-2,5H2/b7-4+. The highest BCUT2D eigenvalue weighted by molar-refractivity contribution is 9.09. The van der Waals surface area contributed by atoms with Crippen LogP contribution in [0.3, 0.4) is 0 Å². The van der Waals surface area contributed by atoms with Gasteiger partial charge in [-0.2, -0.15) is 8.78 Å². The molecule has 0 bridgehead atoms. The summed E-state index contributed by atoms with van der Waals surface area (Å²) in [5, 5.41) is 0.530. The molecule has 0 aromatic carbocycles. The predicted octanol–water partition coefficient (Wildman–Crippen LogP) is 3.25. The summed E-state index contributed by atoms with van der Waals surface area (Å²) in [6.07, 6.45) is 2.93. The van der Waals surface area contributed by atoms with E-state index in [4.69, 9.17) is 0 Å². The van der Waals surface area contributed by atoms with E-state index in [2.05, 4.69) is 33.8 Å². The van der Waals surface area contributed by atoms with Crippen molar-refractivity contribution in [1.82, 2.24) is 0 Å². The summed E-state index contributed by atoms with van der Waals surface area (Å²) < 4.78 is 27.2. The zero-order chi connectivity index (χ0) is 9.56. The zero-order valence-corrected chi connectivity index (χ0v) is 7.98. The first-order valence-corrected chi connectivity index (χ1v) is 4.25. The average Bonchev–Trinajstić information content (AvgIpc) is 1.98. The largest absolute Gasteiger partial charge is 0.435 e. The first kappa shape index (κ1) is 11.4. The van der Waals surface area contributed by atoms with Crippen LogP contribution in [0.2, 0.25) is 0 Å². The van der Waals surface area contributed by atoms with Gasteiger partial charge in [-0.1, -0.05) is 35.2 Å². The Bertz CT molecular complexity index is 199. The van der Waals surface area contributed by atoms with Crippen LogP contribution in [0, 0.1) is 0 Å². The Morgan fingerprint density at radius 1 is 1.58 bits per heavy atom. The molecule has 1 nitrogen and oxygen atoms in total. The van der Waals surface area contributed by atoms with Crippen LogP contribution >= 0.6 is 15.9 Å². The van der Waals surface area contributed by atoms with Gasteiger partial charge in [0.2, 0.25) is 0 Å². The Balaban J connectivity index is 4.11. The molecule has 0 aliphatic carbocycles. The van der Waals surface area contributed by atoms with E-state index in [0.717, 1.165) is 5.57 Å². The summed E-state index contributed by atoms with van der Waals surface area (Å²) in [7, 11) is 0. The van der Waals surface area contributed by atoms with E-state index in [0.29, 0.717) is 5.33 Å². The van der Waals surface area contributed by atoms with Gasteiger partial charge in [0.25, 0.3) is 0 Å². The summed E-state index contributed by atoms with van der Waals surface area (Å²) in [6, 6.07) is 0. The molecule has 68 valence electrons. The Morgan fingerprint density at radius 2 is 2.17 bits per heavy atom. The molecule has 0 heterocycles. The molecule has 0 aromatic rings. The van der Waals surface area contributed by atoms with Gasteiger partial charge in [-0.25, -0.2) is 0 Å². The Morgan fingerprint density at radius 3 is 2.50 bits per heavy atom. The molecular formula is C8H9BrF2O. The summed E-state index contributed by atoms with van der Waals surface area (Å²) in [6.45, 7) is 3.94. The monoisotopic (exact) mass is 238 g/mol. The summed E-state index contributed by atoms with van der Waals surface area (Å²) in [5.41, 5.74) is 0.737. The lowest BCUT2D eigenvalue weighted by atomic mass is 10.3. The molecule has 0 aliphatic rings. The van der Waals surface area contributed by atoms with Crippen molar-refractivity contribution in [3.63, 3.8) is 0 Å². The van der Waals surface area contributed by atoms with Gasteiger partial charge in [0, 0.05) is 5.33 Å². The maximum atomic E-state index is 11.6. The van der Waals surface area contributed by atoms with Gasteiger partial charge >= 0.3 is 6.61 Å². The van der Waals surface area contributed by atoms with E-state index in [9.17, 15) is 8.78 Å². The third-order valence-electron chi connectivity index (χ3n) is 1.00. The maximum Gasteiger partial charge on any atom is 0.387 e. The van der Waals surface area contributed by atoms with E-state index in [1.807, 2.05) is 0 Å². The second kappa shape index (κ2) is 5.94. The number of hydrogen-bond acceptors (Lipinski definition) is 1. The van der Waals surface area contributed by atoms with Gasteiger partial charge in [0.05, 0.1) is 0 Å². The van der Waals surface area contributed by atoms with Crippen LogP contribution < -0.4 is 0 Å². The lowest BCUT2D eigenvalue weighted by Gasteiger charge is -2.03. The van der Waals surface area contributed by atoms with Gasteiger partial charge in [0.1, 0.15) is 5.76 Å². The lowest BCUT2D eigenvalue weighted by molar-refractivity contribution is -0.0916. The van der Waals surface area contributed by atoms with Gasteiger partial charge in [-0.3, -0.25) is 0 Å². The quantitative estimate of drug-likeness (QED) is 0.406. The van der Waals surface area contributed by atoms with Gasteiger partial charge in [-0.15, -0.1) is 0 Å². The minimum atomic E-state index is -2.82. The highest BCUT2D eigenvalue weighted by Gasteiger charge is 2.02. The van der Waals surface area contributed by atoms with Crippen LogP contribution in [0.4, 0.5) is 8.78 Å². The van der Waals surface area contributed by atoms with E-state index in [1.165, 1.54) is 12.2 Å². The van der Waals surface area contributed by atoms with Crippen molar-refractivity contribution in [3.8, 4) is 0 Å². The van der Waals surface area contributed by atoms with E-state index in [1.54, 1.807) is 0 Å². The number of hydrogen-bond donors (Lipinski definition) is 0. The second-order valence-corrected chi connectivity index (χ2v) is 2.46. The van der Waals surface area contributed by atoms with Gasteiger partial charge < -0.3 is 4.74 Å². The first-order valence-electron chi connectivity index (χ1n) is 3.12. The number of alkyl halides is 3. The maximum absolute atomic E-state index is 11.6. The Kier molecular flexibility index (Phi) is 5.62. The fourth-order valence-corrected chi connectivity index (χ4v) is 0.898. The Hall–Kier alpha value is -0.640. The predicted molar refractivity (Wildman–Crippen MR) is 48.3 cm³/mol. The summed E-state index contributed by atoms with van der Waals surface area (Å²) in [4.78, 5) is 0. The molecule has 0 amide bonds. The fraction of sp³-hybridized carbons (Fsp3) is 0.250. The van der Waals surface area contributed by atoms with Crippen LogP contribution in [0.1, 0.15) is 0 Å². The van der Waals surface area contributed by atoms with E-state index < -0.39 is 6.61 Å². The molecule has 0 spiro atoms. The number of halogens is 3. The third kappa shape index (κ3) is 5.07. The molecule has 0 radical (unpaired) electrons. The number of ether oxygens (including phenoxy) is 1. The second-order valence-electron chi connectivity index (χ2n) is 1.90. The molecular weight excluding hydrogens is 230 g/mol. The molecule has 0 rings (SSSR count). The number of allylic oxidation sites excluding steroid dienone is 3. The lowest BCUT2D eigenvalue weighted by Crippen LogP contribution is -1.96. The van der Waals surface area contributed by atoms with Gasteiger partial charge in [0.15, 0.2) is 0 Å². The summed E-state index contributed by atoms with van der Waals surface area (Å²) in [5.74, 6) is -0.0700. The fourth-order valence-electron chi connectivity index (χ4n) is 0.507. The molecule has 4 heteroatoms. The highest BCUT2D eigenvalue weighted by atomic mass is 79.9. The number of rotatable bonds is 5.